The summed E-state index contributed by atoms with van der Waals surface area (Å²) in [7, 11) is 0. The minimum atomic E-state index is -1.06. The summed E-state index contributed by atoms with van der Waals surface area (Å²) in [5.41, 5.74) is -0.135. The van der Waals surface area contributed by atoms with Crippen LogP contribution in [0.2, 0.25) is 0 Å². The molecule has 27 heavy (non-hydrogen) atoms. The molecular formula is C21H28N2O2S2. The Hall–Kier alpha value is -1.89. The number of carbonyl (C=O) groups excluding carboxylic acids is 1. The molecule has 0 aliphatic rings. The van der Waals surface area contributed by atoms with E-state index < -0.39 is 5.60 Å². The Morgan fingerprint density at radius 3 is 2.48 bits per heavy atom. The maximum atomic E-state index is 12.1. The second kappa shape index (κ2) is 12.5. The van der Waals surface area contributed by atoms with E-state index in [1.54, 1.807) is 30.0 Å². The van der Waals surface area contributed by atoms with Gasteiger partial charge in [-0.25, -0.2) is 0 Å². The minimum absolute atomic E-state index is 0.190. The Labute approximate surface area is 171 Å². The third-order valence-electron chi connectivity index (χ3n) is 4.02. The topological polar surface area (TPSA) is 61.4 Å². The van der Waals surface area contributed by atoms with Gasteiger partial charge in [0.15, 0.2) is 5.11 Å². The van der Waals surface area contributed by atoms with E-state index in [9.17, 15) is 9.90 Å². The summed E-state index contributed by atoms with van der Waals surface area (Å²) < 4.78 is 0. The van der Waals surface area contributed by atoms with Crippen molar-refractivity contribution in [3.05, 3.63) is 67.3 Å². The first-order valence-corrected chi connectivity index (χ1v) is 10.5. The maximum Gasteiger partial charge on any atom is 0.250 e. The van der Waals surface area contributed by atoms with Gasteiger partial charge in [-0.3, -0.25) is 10.1 Å². The number of hydrogen-bond donors (Lipinski definition) is 3. The molecule has 0 spiro atoms. The standard InChI is InChI=1S/C21H28N2O2S2/c1-4-14-21(25,15-5-2)18(13-16-27-3)22-20(26)23-19(24)12-11-17-9-7-6-8-10-17/h4-12,18,25H,1-2,13-16H2,3H3,(H2,22,23,24,26)/b12-11+. The number of rotatable bonds is 11. The molecule has 6 heteroatoms. The molecule has 0 radical (unpaired) electrons. The van der Waals surface area contributed by atoms with Crippen molar-refractivity contribution in [2.24, 2.45) is 0 Å². The van der Waals surface area contributed by atoms with E-state index in [1.807, 2.05) is 36.6 Å². The number of carbonyl (C=O) groups is 1. The van der Waals surface area contributed by atoms with Crippen molar-refractivity contribution >= 4 is 41.1 Å². The first kappa shape index (κ1) is 23.1. The van der Waals surface area contributed by atoms with Gasteiger partial charge in [0.1, 0.15) is 0 Å². The van der Waals surface area contributed by atoms with Crippen LogP contribution >= 0.6 is 24.0 Å². The zero-order valence-corrected chi connectivity index (χ0v) is 17.3. The Balaban J connectivity index is 2.74. The zero-order valence-electron chi connectivity index (χ0n) is 15.7. The molecule has 0 saturated heterocycles. The largest absolute Gasteiger partial charge is 0.387 e. The molecule has 1 rings (SSSR count). The quantitative estimate of drug-likeness (QED) is 0.298. The number of benzene rings is 1. The van der Waals surface area contributed by atoms with Crippen molar-refractivity contribution in [1.82, 2.24) is 10.6 Å². The third kappa shape index (κ3) is 8.56. The van der Waals surface area contributed by atoms with Crippen molar-refractivity contribution in [3.63, 3.8) is 0 Å². The summed E-state index contributed by atoms with van der Waals surface area (Å²) in [6, 6.07) is 9.21. The molecule has 4 nitrogen and oxygen atoms in total. The highest BCUT2D eigenvalue weighted by molar-refractivity contribution is 7.98. The van der Waals surface area contributed by atoms with E-state index in [-0.39, 0.29) is 17.1 Å². The lowest BCUT2D eigenvalue weighted by molar-refractivity contribution is -0.115. The van der Waals surface area contributed by atoms with Crippen LogP contribution in [0.1, 0.15) is 24.8 Å². The van der Waals surface area contributed by atoms with Crippen LogP contribution in [0.3, 0.4) is 0 Å². The fraction of sp³-hybridized carbons (Fsp3) is 0.333. The third-order valence-corrected chi connectivity index (χ3v) is 4.89. The van der Waals surface area contributed by atoms with E-state index in [0.29, 0.717) is 19.3 Å². The van der Waals surface area contributed by atoms with E-state index in [4.69, 9.17) is 12.2 Å². The van der Waals surface area contributed by atoms with Gasteiger partial charge in [-0.05, 0) is 55.1 Å². The van der Waals surface area contributed by atoms with Crippen LogP contribution in [-0.2, 0) is 4.79 Å². The van der Waals surface area contributed by atoms with Crippen LogP contribution < -0.4 is 10.6 Å². The molecule has 0 aliphatic heterocycles. The van der Waals surface area contributed by atoms with Crippen LogP contribution in [0, 0.1) is 0 Å². The molecular weight excluding hydrogens is 376 g/mol. The summed E-state index contributed by atoms with van der Waals surface area (Å²) in [5, 5.41) is 17.0. The van der Waals surface area contributed by atoms with Gasteiger partial charge in [-0.15, -0.1) is 13.2 Å². The molecule has 1 aromatic rings. The van der Waals surface area contributed by atoms with Crippen LogP contribution in [0.15, 0.2) is 61.7 Å². The van der Waals surface area contributed by atoms with Crippen molar-refractivity contribution in [2.75, 3.05) is 12.0 Å². The van der Waals surface area contributed by atoms with Gasteiger partial charge in [0.2, 0.25) is 5.91 Å². The fourth-order valence-corrected chi connectivity index (χ4v) is 3.38. The number of nitrogens with one attached hydrogen (secondary N) is 2. The predicted molar refractivity (Wildman–Crippen MR) is 121 cm³/mol. The number of thioether (sulfide) groups is 1. The number of hydrogen-bond acceptors (Lipinski definition) is 4. The van der Waals surface area contributed by atoms with E-state index in [2.05, 4.69) is 23.8 Å². The molecule has 0 bridgehead atoms. The predicted octanol–water partition coefficient (Wildman–Crippen LogP) is 3.70. The smallest absolute Gasteiger partial charge is 0.250 e. The van der Waals surface area contributed by atoms with Gasteiger partial charge in [0.25, 0.3) is 0 Å². The lowest BCUT2D eigenvalue weighted by atomic mass is 9.85. The molecule has 0 aliphatic carbocycles. The van der Waals surface area contributed by atoms with Crippen molar-refractivity contribution < 1.29 is 9.90 Å². The summed E-state index contributed by atoms with van der Waals surface area (Å²) in [6.45, 7) is 7.46. The zero-order chi connectivity index (χ0) is 20.1. The fourth-order valence-electron chi connectivity index (χ4n) is 2.66. The molecule has 0 aromatic heterocycles. The SMILES string of the molecule is C=CCC(O)(CC=C)C(CCSC)NC(=S)NC(=O)/C=C/c1ccccc1. The van der Waals surface area contributed by atoms with Crippen molar-refractivity contribution in [1.29, 1.82) is 0 Å². The molecule has 146 valence electrons. The summed E-state index contributed by atoms with van der Waals surface area (Å²) in [4.78, 5) is 12.1. The second-order valence-corrected chi connectivity index (χ2v) is 7.52. The highest BCUT2D eigenvalue weighted by atomic mass is 32.2. The van der Waals surface area contributed by atoms with Gasteiger partial charge in [-0.2, -0.15) is 11.8 Å². The average Bonchev–Trinajstić information content (AvgIpc) is 2.64. The monoisotopic (exact) mass is 404 g/mol. The molecule has 1 unspecified atom stereocenters. The lowest BCUT2D eigenvalue weighted by Crippen LogP contribution is -2.55. The van der Waals surface area contributed by atoms with Gasteiger partial charge >= 0.3 is 0 Å². The molecule has 0 heterocycles. The van der Waals surface area contributed by atoms with Gasteiger partial charge in [0.05, 0.1) is 11.6 Å². The second-order valence-electron chi connectivity index (χ2n) is 6.13. The molecule has 1 amide bonds. The lowest BCUT2D eigenvalue weighted by Gasteiger charge is -2.36. The van der Waals surface area contributed by atoms with Crippen LogP contribution in [0.4, 0.5) is 0 Å². The highest BCUT2D eigenvalue weighted by Gasteiger charge is 2.34. The Bertz CT molecular complexity index is 649. The maximum absolute atomic E-state index is 12.1. The van der Waals surface area contributed by atoms with Gasteiger partial charge in [-0.1, -0.05) is 42.5 Å². The van der Waals surface area contributed by atoms with E-state index in [0.717, 1.165) is 11.3 Å². The van der Waals surface area contributed by atoms with Crippen molar-refractivity contribution in [2.45, 2.75) is 30.9 Å². The van der Waals surface area contributed by atoms with Crippen LogP contribution in [-0.4, -0.2) is 39.8 Å². The molecule has 0 saturated carbocycles. The summed E-state index contributed by atoms with van der Waals surface area (Å²) in [6.07, 6.45) is 10.0. The molecule has 0 fully saturated rings. The highest BCUT2D eigenvalue weighted by Crippen LogP contribution is 2.24. The summed E-state index contributed by atoms with van der Waals surface area (Å²) >= 11 is 6.96. The van der Waals surface area contributed by atoms with E-state index >= 15 is 0 Å². The first-order chi connectivity index (χ1) is 12.9. The first-order valence-electron chi connectivity index (χ1n) is 8.73. The Kier molecular flexibility index (Phi) is 10.7. The average molecular weight is 405 g/mol. The number of amides is 1. The molecule has 3 N–H and O–H groups in total. The normalized spacial score (nSPS) is 12.4. The molecule has 1 atom stereocenters. The number of aliphatic hydroxyl groups is 1. The van der Waals surface area contributed by atoms with Crippen LogP contribution in [0.25, 0.3) is 6.08 Å². The minimum Gasteiger partial charge on any atom is -0.387 e. The van der Waals surface area contributed by atoms with Crippen LogP contribution in [0.5, 0.6) is 0 Å². The van der Waals surface area contributed by atoms with Gasteiger partial charge < -0.3 is 10.4 Å². The number of thiocarbonyl (C=S) groups is 1. The summed E-state index contributed by atoms with van der Waals surface area (Å²) in [5.74, 6) is 0.523. The molecule has 1 aromatic carbocycles. The Morgan fingerprint density at radius 1 is 1.30 bits per heavy atom. The van der Waals surface area contributed by atoms with E-state index in [1.165, 1.54) is 6.08 Å². The van der Waals surface area contributed by atoms with Gasteiger partial charge in [0, 0.05) is 6.08 Å². The Morgan fingerprint density at radius 2 is 1.93 bits per heavy atom. The van der Waals surface area contributed by atoms with Crippen molar-refractivity contribution in [3.8, 4) is 0 Å².